The minimum absolute atomic E-state index is 0.211. The van der Waals surface area contributed by atoms with Crippen molar-refractivity contribution in [3.05, 3.63) is 0 Å². The van der Waals surface area contributed by atoms with Crippen molar-refractivity contribution in [2.75, 3.05) is 32.7 Å². The average Bonchev–Trinajstić information content (AvgIpc) is 2.43. The van der Waals surface area contributed by atoms with E-state index in [0.29, 0.717) is 19.0 Å². The van der Waals surface area contributed by atoms with Crippen LogP contribution < -0.4 is 5.73 Å². The van der Waals surface area contributed by atoms with Crippen LogP contribution >= 0.6 is 0 Å². The third-order valence-electron chi connectivity index (χ3n) is 2.97. The largest absolute Gasteiger partial charge is 0.341 e. The first-order chi connectivity index (χ1) is 7.15. The first kappa shape index (κ1) is 12.5. The molecule has 0 bridgehead atoms. The monoisotopic (exact) mass is 213 g/mol. The highest BCUT2D eigenvalue weighted by Gasteiger charge is 2.19. The highest BCUT2D eigenvalue weighted by Crippen LogP contribution is 2.07. The maximum atomic E-state index is 11.7. The number of hydrogen-bond donors (Lipinski definition) is 1. The van der Waals surface area contributed by atoms with Gasteiger partial charge < -0.3 is 10.6 Å². The van der Waals surface area contributed by atoms with Crippen LogP contribution in [0.15, 0.2) is 0 Å². The van der Waals surface area contributed by atoms with E-state index in [0.717, 1.165) is 32.6 Å². The predicted molar refractivity (Wildman–Crippen MR) is 61.6 cm³/mol. The Morgan fingerprint density at radius 2 is 2.00 bits per heavy atom. The maximum Gasteiger partial charge on any atom is 0.223 e. The van der Waals surface area contributed by atoms with E-state index in [-0.39, 0.29) is 5.91 Å². The van der Waals surface area contributed by atoms with Gasteiger partial charge in [-0.25, -0.2) is 0 Å². The third-order valence-corrected chi connectivity index (χ3v) is 2.97. The minimum Gasteiger partial charge on any atom is -0.341 e. The Morgan fingerprint density at radius 1 is 1.27 bits per heavy atom. The van der Waals surface area contributed by atoms with Gasteiger partial charge in [0, 0.05) is 45.2 Å². The molecule has 0 saturated carbocycles. The molecule has 0 atom stereocenters. The molecule has 0 aliphatic carbocycles. The highest BCUT2D eigenvalue weighted by molar-refractivity contribution is 5.76. The molecule has 0 aromatic heterocycles. The second-order valence-corrected chi connectivity index (χ2v) is 4.40. The van der Waals surface area contributed by atoms with Crippen LogP contribution in [0.4, 0.5) is 0 Å². The van der Waals surface area contributed by atoms with Crippen LogP contribution in [0.2, 0.25) is 0 Å². The zero-order valence-corrected chi connectivity index (χ0v) is 9.91. The van der Waals surface area contributed by atoms with Crippen LogP contribution in [0.25, 0.3) is 0 Å². The molecule has 4 heteroatoms. The van der Waals surface area contributed by atoms with Gasteiger partial charge in [0.05, 0.1) is 0 Å². The number of carbonyl (C=O) groups excluding carboxylic acids is 1. The molecule has 0 spiro atoms. The lowest BCUT2D eigenvalue weighted by Gasteiger charge is -2.24. The van der Waals surface area contributed by atoms with Crippen molar-refractivity contribution < 1.29 is 4.79 Å². The Kier molecular flexibility index (Phi) is 5.05. The first-order valence-corrected chi connectivity index (χ1v) is 5.87. The molecule has 1 saturated heterocycles. The summed E-state index contributed by atoms with van der Waals surface area (Å²) in [5.74, 6) is 0.211. The number of rotatable bonds is 3. The van der Waals surface area contributed by atoms with E-state index in [1.165, 1.54) is 0 Å². The molecule has 1 aliphatic heterocycles. The Morgan fingerprint density at radius 3 is 2.60 bits per heavy atom. The normalized spacial score (nSPS) is 19.3. The number of carbonyl (C=O) groups is 1. The van der Waals surface area contributed by atoms with Gasteiger partial charge in [-0.2, -0.15) is 0 Å². The highest BCUT2D eigenvalue weighted by atomic mass is 16.2. The van der Waals surface area contributed by atoms with E-state index in [2.05, 4.69) is 18.7 Å². The zero-order chi connectivity index (χ0) is 11.3. The van der Waals surface area contributed by atoms with Gasteiger partial charge in [0.2, 0.25) is 5.91 Å². The molecule has 0 unspecified atom stereocenters. The summed E-state index contributed by atoms with van der Waals surface area (Å²) in [5, 5.41) is 0. The van der Waals surface area contributed by atoms with Crippen LogP contribution in [-0.4, -0.2) is 54.5 Å². The van der Waals surface area contributed by atoms with E-state index >= 15 is 0 Å². The summed E-state index contributed by atoms with van der Waals surface area (Å²) in [4.78, 5) is 16.0. The fraction of sp³-hybridized carbons (Fsp3) is 0.909. The van der Waals surface area contributed by atoms with Gasteiger partial charge >= 0.3 is 0 Å². The van der Waals surface area contributed by atoms with E-state index in [1.807, 2.05) is 4.90 Å². The quantitative estimate of drug-likeness (QED) is 0.732. The topological polar surface area (TPSA) is 49.6 Å². The first-order valence-electron chi connectivity index (χ1n) is 5.87. The zero-order valence-electron chi connectivity index (χ0n) is 9.91. The van der Waals surface area contributed by atoms with Crippen molar-refractivity contribution in [3.63, 3.8) is 0 Å². The second kappa shape index (κ2) is 6.08. The molecule has 88 valence electrons. The van der Waals surface area contributed by atoms with Crippen molar-refractivity contribution in [2.24, 2.45) is 5.73 Å². The van der Waals surface area contributed by atoms with Crippen LogP contribution in [-0.2, 0) is 4.79 Å². The van der Waals surface area contributed by atoms with Crippen LogP contribution in [0.1, 0.15) is 26.7 Å². The molecular formula is C11H23N3O. The number of amides is 1. The average molecular weight is 213 g/mol. The molecule has 0 radical (unpaired) electrons. The molecule has 0 aromatic rings. The molecule has 1 rings (SSSR count). The molecule has 0 aromatic carbocycles. The van der Waals surface area contributed by atoms with E-state index < -0.39 is 0 Å². The van der Waals surface area contributed by atoms with Gasteiger partial charge in [0.25, 0.3) is 0 Å². The van der Waals surface area contributed by atoms with Gasteiger partial charge in [-0.3, -0.25) is 9.69 Å². The van der Waals surface area contributed by atoms with Gasteiger partial charge in [-0.05, 0) is 20.3 Å². The number of hydrogen-bond acceptors (Lipinski definition) is 3. The Bertz CT molecular complexity index is 206. The molecule has 1 amide bonds. The van der Waals surface area contributed by atoms with Gasteiger partial charge in [0.15, 0.2) is 0 Å². The minimum atomic E-state index is 0.211. The lowest BCUT2D eigenvalue weighted by Crippen LogP contribution is -2.37. The Labute approximate surface area is 92.4 Å². The summed E-state index contributed by atoms with van der Waals surface area (Å²) in [6.07, 6.45) is 1.57. The van der Waals surface area contributed by atoms with Crippen LogP contribution in [0.3, 0.4) is 0 Å². The second-order valence-electron chi connectivity index (χ2n) is 4.40. The maximum absolute atomic E-state index is 11.7. The van der Waals surface area contributed by atoms with Crippen molar-refractivity contribution in [2.45, 2.75) is 32.7 Å². The Balaban J connectivity index is 2.42. The lowest BCUT2D eigenvalue weighted by atomic mass is 10.3. The summed E-state index contributed by atoms with van der Waals surface area (Å²) >= 11 is 0. The van der Waals surface area contributed by atoms with Gasteiger partial charge in [0.1, 0.15) is 0 Å². The summed E-state index contributed by atoms with van der Waals surface area (Å²) in [7, 11) is 0. The Hall–Kier alpha value is -0.610. The molecule has 1 heterocycles. The van der Waals surface area contributed by atoms with Gasteiger partial charge in [-0.15, -0.1) is 0 Å². The summed E-state index contributed by atoms with van der Waals surface area (Å²) < 4.78 is 0. The van der Waals surface area contributed by atoms with Crippen LogP contribution in [0, 0.1) is 0 Å². The van der Waals surface area contributed by atoms with Crippen molar-refractivity contribution in [1.29, 1.82) is 0 Å². The number of nitrogens with two attached hydrogens (primary N) is 1. The van der Waals surface area contributed by atoms with E-state index in [4.69, 9.17) is 5.73 Å². The third kappa shape index (κ3) is 3.80. The number of nitrogens with zero attached hydrogens (tertiary/aromatic N) is 2. The van der Waals surface area contributed by atoms with Crippen molar-refractivity contribution >= 4 is 5.91 Å². The molecule has 1 fully saturated rings. The lowest BCUT2D eigenvalue weighted by molar-refractivity contribution is -0.130. The van der Waals surface area contributed by atoms with Gasteiger partial charge in [-0.1, -0.05) is 0 Å². The molecule has 4 nitrogen and oxygen atoms in total. The molecule has 1 aliphatic rings. The fourth-order valence-electron chi connectivity index (χ4n) is 1.98. The van der Waals surface area contributed by atoms with E-state index in [1.54, 1.807) is 0 Å². The standard InChI is InChI=1S/C11H23N3O/c1-10(2)13-6-3-7-14(9-8-13)11(15)4-5-12/h10H,3-9,12H2,1-2H3. The summed E-state index contributed by atoms with van der Waals surface area (Å²) in [6, 6.07) is 0.578. The van der Waals surface area contributed by atoms with E-state index in [9.17, 15) is 4.79 Å². The SMILES string of the molecule is CC(C)N1CCCN(C(=O)CCN)CC1. The fourth-order valence-corrected chi connectivity index (χ4v) is 1.98. The molecular weight excluding hydrogens is 190 g/mol. The van der Waals surface area contributed by atoms with Crippen molar-refractivity contribution in [1.82, 2.24) is 9.80 Å². The van der Waals surface area contributed by atoms with Crippen LogP contribution in [0.5, 0.6) is 0 Å². The molecule has 2 N–H and O–H groups in total. The summed E-state index contributed by atoms with van der Waals surface area (Å²) in [6.45, 7) is 8.72. The molecule has 15 heavy (non-hydrogen) atoms. The summed E-state index contributed by atoms with van der Waals surface area (Å²) in [5.41, 5.74) is 5.39. The predicted octanol–water partition coefficient (Wildman–Crippen LogP) is 0.278. The smallest absolute Gasteiger partial charge is 0.223 e. The van der Waals surface area contributed by atoms with Crippen molar-refractivity contribution in [3.8, 4) is 0 Å².